The zero-order valence-corrected chi connectivity index (χ0v) is 14.4. The number of carbonyl (C=O) groups excluding carboxylic acids is 4. The summed E-state index contributed by atoms with van der Waals surface area (Å²) in [5.74, 6) is -4.67. The Bertz CT molecular complexity index is 1010. The number of carbonyl (C=O) groups is 4. The third kappa shape index (κ3) is 3.26. The quantitative estimate of drug-likeness (QED) is 0.745. The van der Waals surface area contributed by atoms with E-state index in [2.05, 4.69) is 0 Å². The van der Waals surface area contributed by atoms with Gasteiger partial charge in [0.1, 0.15) is 0 Å². The molecule has 0 saturated carbocycles. The van der Waals surface area contributed by atoms with Crippen molar-refractivity contribution in [2.45, 2.75) is 11.6 Å². The zero-order valence-electron chi connectivity index (χ0n) is 14.4. The van der Waals surface area contributed by atoms with Crippen LogP contribution >= 0.6 is 0 Å². The van der Waals surface area contributed by atoms with Crippen LogP contribution in [-0.2, 0) is 26.0 Å². The Balaban J connectivity index is 2.05. The number of hydrogen-bond acceptors (Lipinski definition) is 5. The molecule has 1 atom stereocenters. The van der Waals surface area contributed by atoms with Gasteiger partial charge in [-0.2, -0.15) is 13.2 Å². The van der Waals surface area contributed by atoms with E-state index < -0.39 is 46.7 Å². The number of halogens is 3. The number of imide groups is 2. The Morgan fingerprint density at radius 1 is 1.03 bits per heavy atom. The van der Waals surface area contributed by atoms with Gasteiger partial charge < -0.3 is 10.6 Å². The molecule has 5 amide bonds. The Kier molecular flexibility index (Phi) is 4.74. The predicted octanol–water partition coefficient (Wildman–Crippen LogP) is 1.50. The summed E-state index contributed by atoms with van der Waals surface area (Å²) < 4.78 is 38.6. The second-order valence-corrected chi connectivity index (χ2v) is 5.96. The summed E-state index contributed by atoms with van der Waals surface area (Å²) in [6.45, 7) is 0. The summed E-state index contributed by atoms with van der Waals surface area (Å²) >= 11 is 0. The van der Waals surface area contributed by atoms with Crippen molar-refractivity contribution in [3.8, 4) is 5.75 Å². The monoisotopic (exact) mass is 407 g/mol. The van der Waals surface area contributed by atoms with Crippen molar-refractivity contribution >= 4 is 23.8 Å². The summed E-state index contributed by atoms with van der Waals surface area (Å²) in [7, 11) is 0. The molecule has 1 unspecified atom stereocenters. The minimum absolute atomic E-state index is 0.00531. The first-order valence-electron chi connectivity index (χ1n) is 7.99. The summed E-state index contributed by atoms with van der Waals surface area (Å²) in [6.07, 6.45) is -4.70. The van der Waals surface area contributed by atoms with Crippen molar-refractivity contribution in [3.05, 3.63) is 65.7 Å². The van der Waals surface area contributed by atoms with Crippen LogP contribution in [0.3, 0.4) is 0 Å². The predicted molar refractivity (Wildman–Crippen MR) is 89.8 cm³/mol. The number of alkyl halides is 3. The molecule has 3 rings (SSSR count). The van der Waals surface area contributed by atoms with E-state index in [4.69, 9.17) is 10.6 Å². The van der Waals surface area contributed by atoms with E-state index in [1.807, 2.05) is 0 Å². The largest absolute Gasteiger partial charge is 0.416 e. The van der Waals surface area contributed by atoms with E-state index >= 15 is 0 Å². The lowest BCUT2D eigenvalue weighted by Crippen LogP contribution is -2.70. The molecule has 1 fully saturated rings. The molecule has 3 N–H and O–H groups in total. The van der Waals surface area contributed by atoms with Crippen molar-refractivity contribution in [1.82, 2.24) is 10.4 Å². The highest BCUT2D eigenvalue weighted by molar-refractivity contribution is 6.34. The molecule has 0 radical (unpaired) electrons. The van der Waals surface area contributed by atoms with Crippen molar-refractivity contribution in [2.24, 2.45) is 5.73 Å². The van der Waals surface area contributed by atoms with Crippen LogP contribution < -0.4 is 15.9 Å². The van der Waals surface area contributed by atoms with E-state index in [1.165, 1.54) is 24.3 Å². The van der Waals surface area contributed by atoms with Gasteiger partial charge in [-0.1, -0.05) is 41.5 Å². The van der Waals surface area contributed by atoms with Gasteiger partial charge in [0, 0.05) is 0 Å². The number of nitrogens with one attached hydrogen (secondary N) is 1. The molecule has 2 aromatic rings. The molecule has 1 aliphatic rings. The average Bonchev–Trinajstić information content (AvgIpc) is 2.65. The van der Waals surface area contributed by atoms with Crippen molar-refractivity contribution in [1.29, 1.82) is 0 Å². The number of hydroxylamine groups is 2. The summed E-state index contributed by atoms with van der Waals surface area (Å²) in [6, 6.07) is 8.90. The van der Waals surface area contributed by atoms with Crippen molar-refractivity contribution in [2.75, 3.05) is 0 Å². The van der Waals surface area contributed by atoms with Crippen LogP contribution in [0.1, 0.15) is 11.1 Å². The molecule has 1 aliphatic heterocycles. The number of nitrogens with zero attached hydrogens (tertiary/aromatic N) is 1. The lowest BCUT2D eigenvalue weighted by molar-refractivity contribution is -0.164. The smallest absolute Gasteiger partial charge is 0.368 e. The number of rotatable bonds is 4. The van der Waals surface area contributed by atoms with Gasteiger partial charge in [-0.05, 0) is 23.8 Å². The van der Waals surface area contributed by atoms with Gasteiger partial charge in [0.15, 0.2) is 5.75 Å². The maximum Gasteiger partial charge on any atom is 0.416 e. The minimum atomic E-state index is -4.70. The topological polar surface area (TPSA) is 119 Å². The van der Waals surface area contributed by atoms with Gasteiger partial charge in [0.05, 0.1) is 5.56 Å². The van der Waals surface area contributed by atoms with E-state index in [0.29, 0.717) is 6.07 Å². The van der Waals surface area contributed by atoms with Gasteiger partial charge in [-0.3, -0.25) is 19.7 Å². The lowest BCUT2D eigenvalue weighted by Gasteiger charge is -2.36. The molecule has 1 saturated heterocycles. The maximum atomic E-state index is 13.0. The van der Waals surface area contributed by atoms with Crippen LogP contribution in [-0.4, -0.2) is 28.8 Å². The molecule has 2 aromatic carbocycles. The Morgan fingerprint density at radius 3 is 2.28 bits per heavy atom. The first-order chi connectivity index (χ1) is 13.6. The van der Waals surface area contributed by atoms with Crippen LogP contribution in [0.15, 0.2) is 54.6 Å². The molecule has 29 heavy (non-hydrogen) atoms. The molecule has 0 aliphatic carbocycles. The molecular weight excluding hydrogens is 395 g/mol. The van der Waals surface area contributed by atoms with Crippen LogP contribution in [0.4, 0.5) is 18.0 Å². The zero-order chi connectivity index (χ0) is 21.4. The van der Waals surface area contributed by atoms with Gasteiger partial charge in [-0.15, -0.1) is 0 Å². The normalized spacial score (nSPS) is 19.7. The number of barbiturate groups is 1. The SMILES string of the molecule is NC(=O)C1(c2ccccc2)C(=O)NC(=O)N(Oc2cccc(C(F)(F)F)c2)C1=O. The van der Waals surface area contributed by atoms with Gasteiger partial charge >= 0.3 is 12.2 Å². The highest BCUT2D eigenvalue weighted by atomic mass is 19.4. The molecule has 8 nitrogen and oxygen atoms in total. The van der Waals surface area contributed by atoms with Gasteiger partial charge in [-0.25, -0.2) is 4.79 Å². The molecular formula is C18H12F3N3O5. The summed E-state index contributed by atoms with van der Waals surface area (Å²) in [4.78, 5) is 54.8. The van der Waals surface area contributed by atoms with Gasteiger partial charge in [0.25, 0.3) is 11.8 Å². The van der Waals surface area contributed by atoms with Crippen molar-refractivity contribution < 1.29 is 37.2 Å². The van der Waals surface area contributed by atoms with E-state index in [-0.39, 0.29) is 10.6 Å². The van der Waals surface area contributed by atoms with Crippen LogP contribution in [0.5, 0.6) is 5.75 Å². The molecule has 1 heterocycles. The van der Waals surface area contributed by atoms with Crippen LogP contribution in [0.25, 0.3) is 0 Å². The fourth-order valence-electron chi connectivity index (χ4n) is 2.80. The fourth-order valence-corrected chi connectivity index (χ4v) is 2.80. The van der Waals surface area contributed by atoms with E-state index in [0.717, 1.165) is 18.2 Å². The van der Waals surface area contributed by atoms with Gasteiger partial charge in [0.2, 0.25) is 11.3 Å². The number of benzene rings is 2. The summed E-state index contributed by atoms with van der Waals surface area (Å²) in [5.41, 5.74) is 1.46. The number of amides is 5. The number of primary amides is 1. The number of hydrogen-bond donors (Lipinski definition) is 2. The van der Waals surface area contributed by atoms with Crippen molar-refractivity contribution in [3.63, 3.8) is 0 Å². The second kappa shape index (κ2) is 6.93. The molecule has 11 heteroatoms. The van der Waals surface area contributed by atoms with E-state index in [1.54, 1.807) is 11.4 Å². The highest BCUT2D eigenvalue weighted by Crippen LogP contribution is 2.33. The third-order valence-corrected chi connectivity index (χ3v) is 4.19. The Hall–Kier alpha value is -3.89. The molecule has 0 spiro atoms. The lowest BCUT2D eigenvalue weighted by atomic mass is 9.76. The summed E-state index contributed by atoms with van der Waals surface area (Å²) in [5, 5.41) is 1.77. The second-order valence-electron chi connectivity index (χ2n) is 5.96. The maximum absolute atomic E-state index is 13.0. The minimum Gasteiger partial charge on any atom is -0.368 e. The fraction of sp³-hybridized carbons (Fsp3) is 0.111. The highest BCUT2D eigenvalue weighted by Gasteiger charge is 2.61. The van der Waals surface area contributed by atoms with E-state index in [9.17, 15) is 32.3 Å². The van der Waals surface area contributed by atoms with Crippen LogP contribution in [0.2, 0.25) is 0 Å². The molecule has 150 valence electrons. The number of urea groups is 1. The molecule has 0 bridgehead atoms. The number of nitrogens with two attached hydrogens (primary N) is 1. The Morgan fingerprint density at radius 2 is 1.69 bits per heavy atom. The third-order valence-electron chi connectivity index (χ3n) is 4.19. The first kappa shape index (κ1) is 19.9. The molecule has 0 aromatic heterocycles. The first-order valence-corrected chi connectivity index (χ1v) is 7.99. The standard InChI is InChI=1S/C18H12F3N3O5/c19-18(20,21)11-7-4-8-12(9-11)29-24-15(27)17(13(22)25,14(26)23-16(24)28)10-5-2-1-3-6-10/h1-9H,(H2,22,25)(H,23,26,28). The Labute approximate surface area is 161 Å². The average molecular weight is 407 g/mol. The van der Waals surface area contributed by atoms with Crippen LogP contribution in [0, 0.1) is 0 Å².